The Hall–Kier alpha value is -3.75. The fraction of sp³-hybridized carbons (Fsp3) is 0.250. The van der Waals surface area contributed by atoms with Crippen molar-refractivity contribution >= 4 is 5.91 Å². The summed E-state index contributed by atoms with van der Waals surface area (Å²) in [5.74, 6) is 0.866. The number of carbonyl (C=O) groups excluding carboxylic acids is 1. The maximum absolute atomic E-state index is 12.7. The SMILES string of the molecule is Cn1cccc1C(=O)N1CC[C@@H](n2cc(-c3nc(-c4ccccc4)no3)nn2)C1. The molecule has 0 unspecified atom stereocenters. The zero-order valence-corrected chi connectivity index (χ0v) is 15.8. The molecule has 1 saturated heterocycles. The monoisotopic (exact) mass is 389 g/mol. The molecule has 9 heteroatoms. The molecule has 0 bridgehead atoms. The van der Waals surface area contributed by atoms with Gasteiger partial charge in [-0.25, -0.2) is 4.68 Å². The third-order valence-electron chi connectivity index (χ3n) is 5.18. The molecule has 1 aromatic carbocycles. The lowest BCUT2D eigenvalue weighted by Crippen LogP contribution is -2.30. The van der Waals surface area contributed by atoms with Crippen LogP contribution in [0.1, 0.15) is 23.0 Å². The number of aryl methyl sites for hydroxylation is 1. The maximum atomic E-state index is 12.7. The van der Waals surface area contributed by atoms with Crippen molar-refractivity contribution in [3.8, 4) is 23.0 Å². The minimum Gasteiger partial charge on any atom is -0.347 e. The lowest BCUT2D eigenvalue weighted by molar-refractivity contribution is 0.0777. The number of aromatic nitrogens is 6. The molecule has 9 nitrogen and oxygen atoms in total. The van der Waals surface area contributed by atoms with Crippen molar-refractivity contribution in [2.24, 2.45) is 7.05 Å². The molecule has 29 heavy (non-hydrogen) atoms. The Morgan fingerprint density at radius 1 is 1.17 bits per heavy atom. The zero-order chi connectivity index (χ0) is 19.8. The highest BCUT2D eigenvalue weighted by Crippen LogP contribution is 2.25. The highest BCUT2D eigenvalue weighted by molar-refractivity contribution is 5.93. The number of carbonyl (C=O) groups is 1. The molecule has 5 rings (SSSR count). The summed E-state index contributed by atoms with van der Waals surface area (Å²) < 4.78 is 8.97. The highest BCUT2D eigenvalue weighted by atomic mass is 16.5. The van der Waals surface area contributed by atoms with Gasteiger partial charge in [-0.3, -0.25) is 4.79 Å². The summed E-state index contributed by atoms with van der Waals surface area (Å²) >= 11 is 0. The van der Waals surface area contributed by atoms with E-state index in [1.54, 1.807) is 10.9 Å². The van der Waals surface area contributed by atoms with Crippen LogP contribution in [0.4, 0.5) is 0 Å². The van der Waals surface area contributed by atoms with E-state index in [1.807, 2.05) is 65.2 Å². The average molecular weight is 389 g/mol. The summed E-state index contributed by atoms with van der Waals surface area (Å²) in [4.78, 5) is 19.0. The van der Waals surface area contributed by atoms with Crippen LogP contribution in [0.3, 0.4) is 0 Å². The molecule has 4 heterocycles. The second-order valence-corrected chi connectivity index (χ2v) is 7.07. The molecule has 3 aromatic heterocycles. The number of rotatable bonds is 4. The Bertz CT molecular complexity index is 1140. The molecule has 1 aliphatic heterocycles. The van der Waals surface area contributed by atoms with Crippen LogP contribution in [-0.4, -0.2) is 53.6 Å². The van der Waals surface area contributed by atoms with E-state index in [0.717, 1.165) is 12.0 Å². The largest absolute Gasteiger partial charge is 0.347 e. The van der Waals surface area contributed by atoms with Gasteiger partial charge in [0.25, 0.3) is 11.8 Å². The quantitative estimate of drug-likeness (QED) is 0.532. The van der Waals surface area contributed by atoms with Gasteiger partial charge in [-0.15, -0.1) is 5.10 Å². The van der Waals surface area contributed by atoms with E-state index in [9.17, 15) is 4.79 Å². The summed E-state index contributed by atoms with van der Waals surface area (Å²) in [5.41, 5.74) is 2.08. The first-order valence-electron chi connectivity index (χ1n) is 9.41. The normalized spacial score (nSPS) is 16.4. The van der Waals surface area contributed by atoms with Gasteiger partial charge < -0.3 is 14.0 Å². The van der Waals surface area contributed by atoms with Crippen molar-refractivity contribution in [1.82, 2.24) is 34.6 Å². The van der Waals surface area contributed by atoms with Gasteiger partial charge >= 0.3 is 0 Å². The second-order valence-electron chi connectivity index (χ2n) is 7.07. The first-order chi connectivity index (χ1) is 14.2. The Kier molecular flexibility index (Phi) is 4.19. The highest BCUT2D eigenvalue weighted by Gasteiger charge is 2.30. The Morgan fingerprint density at radius 2 is 2.03 bits per heavy atom. The number of amides is 1. The molecule has 146 valence electrons. The van der Waals surface area contributed by atoms with Crippen molar-refractivity contribution < 1.29 is 9.32 Å². The van der Waals surface area contributed by atoms with Crippen molar-refractivity contribution in [1.29, 1.82) is 0 Å². The van der Waals surface area contributed by atoms with Gasteiger partial charge in [0.1, 0.15) is 5.69 Å². The first kappa shape index (κ1) is 17.4. The molecular formula is C20H19N7O2. The Morgan fingerprint density at radius 3 is 2.83 bits per heavy atom. The van der Waals surface area contributed by atoms with Crippen LogP contribution in [0.25, 0.3) is 23.0 Å². The van der Waals surface area contributed by atoms with Crippen LogP contribution in [0.5, 0.6) is 0 Å². The number of nitrogens with zero attached hydrogens (tertiary/aromatic N) is 7. The van der Waals surface area contributed by atoms with Gasteiger partial charge in [-0.05, 0) is 18.6 Å². The molecule has 1 amide bonds. The van der Waals surface area contributed by atoms with Gasteiger partial charge in [0.15, 0.2) is 5.69 Å². The zero-order valence-electron chi connectivity index (χ0n) is 15.8. The van der Waals surface area contributed by atoms with Crippen molar-refractivity contribution in [3.63, 3.8) is 0 Å². The van der Waals surface area contributed by atoms with Crippen LogP contribution < -0.4 is 0 Å². The molecule has 1 fully saturated rings. The van der Waals surface area contributed by atoms with Gasteiger partial charge in [0.2, 0.25) is 5.82 Å². The van der Waals surface area contributed by atoms with Crippen LogP contribution in [0.2, 0.25) is 0 Å². The lowest BCUT2D eigenvalue weighted by atomic mass is 10.2. The Labute approximate surface area is 166 Å². The third-order valence-corrected chi connectivity index (χ3v) is 5.18. The molecule has 0 spiro atoms. The molecule has 4 aromatic rings. The van der Waals surface area contributed by atoms with E-state index in [4.69, 9.17) is 4.52 Å². The maximum Gasteiger partial charge on any atom is 0.280 e. The van der Waals surface area contributed by atoms with E-state index in [0.29, 0.717) is 36.2 Å². The summed E-state index contributed by atoms with van der Waals surface area (Å²) in [5, 5.41) is 12.4. The smallest absolute Gasteiger partial charge is 0.280 e. The van der Waals surface area contributed by atoms with Gasteiger partial charge in [0.05, 0.1) is 12.2 Å². The fourth-order valence-electron chi connectivity index (χ4n) is 3.57. The van der Waals surface area contributed by atoms with E-state index in [1.165, 1.54) is 0 Å². The van der Waals surface area contributed by atoms with Crippen LogP contribution in [0, 0.1) is 0 Å². The molecule has 0 N–H and O–H groups in total. The van der Waals surface area contributed by atoms with Crippen molar-refractivity contribution in [2.45, 2.75) is 12.5 Å². The second kappa shape index (κ2) is 7.01. The van der Waals surface area contributed by atoms with Gasteiger partial charge in [-0.2, -0.15) is 4.98 Å². The number of hydrogen-bond donors (Lipinski definition) is 0. The summed E-state index contributed by atoms with van der Waals surface area (Å²) in [6.45, 7) is 1.27. The molecule has 0 aliphatic carbocycles. The van der Waals surface area contributed by atoms with Crippen LogP contribution in [-0.2, 0) is 7.05 Å². The lowest BCUT2D eigenvalue weighted by Gasteiger charge is -2.16. The molecule has 0 radical (unpaired) electrons. The predicted molar refractivity (Wildman–Crippen MR) is 104 cm³/mol. The average Bonchev–Trinajstić information content (AvgIpc) is 3.54. The van der Waals surface area contributed by atoms with E-state index >= 15 is 0 Å². The molecular weight excluding hydrogens is 370 g/mol. The first-order valence-corrected chi connectivity index (χ1v) is 9.41. The molecule has 0 saturated carbocycles. The third kappa shape index (κ3) is 3.20. The molecule has 1 atom stereocenters. The Balaban J connectivity index is 1.30. The van der Waals surface area contributed by atoms with E-state index in [2.05, 4.69) is 20.5 Å². The summed E-state index contributed by atoms with van der Waals surface area (Å²) in [6.07, 6.45) is 4.49. The standard InChI is InChI=1S/C20H19N7O2/c1-25-10-5-8-17(25)20(28)26-11-9-15(12-26)27-13-16(22-24-27)19-21-18(23-29-19)14-6-3-2-4-7-14/h2-8,10,13,15H,9,11-12H2,1H3/t15-/m1/s1. The van der Waals surface area contributed by atoms with Crippen molar-refractivity contribution in [2.75, 3.05) is 13.1 Å². The van der Waals surface area contributed by atoms with Crippen molar-refractivity contribution in [3.05, 3.63) is 60.6 Å². The summed E-state index contributed by atoms with van der Waals surface area (Å²) in [7, 11) is 1.87. The van der Waals surface area contributed by atoms with Crippen LogP contribution >= 0.6 is 0 Å². The fourth-order valence-corrected chi connectivity index (χ4v) is 3.57. The van der Waals surface area contributed by atoms with E-state index in [-0.39, 0.29) is 11.9 Å². The topological polar surface area (TPSA) is 94.9 Å². The minimum absolute atomic E-state index is 0.0322. The van der Waals surface area contributed by atoms with Crippen LogP contribution in [0.15, 0.2) is 59.4 Å². The molecule has 1 aliphatic rings. The van der Waals surface area contributed by atoms with E-state index < -0.39 is 0 Å². The minimum atomic E-state index is 0.0322. The summed E-state index contributed by atoms with van der Waals surface area (Å²) in [6, 6.07) is 13.4. The predicted octanol–water partition coefficient (Wildman–Crippen LogP) is 2.42. The number of hydrogen-bond acceptors (Lipinski definition) is 6. The van der Waals surface area contributed by atoms with Gasteiger partial charge in [0, 0.05) is 31.9 Å². The number of likely N-dealkylation sites (tertiary alicyclic amines) is 1. The number of benzene rings is 1. The van der Waals surface area contributed by atoms with Gasteiger partial charge in [-0.1, -0.05) is 40.7 Å².